The smallest absolute Gasteiger partial charge is 0.410 e. The van der Waals surface area contributed by atoms with Crippen LogP contribution < -0.4 is 5.32 Å². The number of fused-ring (bicyclic) bond motifs is 1. The fourth-order valence-corrected chi connectivity index (χ4v) is 3.63. The molecule has 3 aromatic rings. The highest BCUT2D eigenvalue weighted by atomic mass is 35.5. The summed E-state index contributed by atoms with van der Waals surface area (Å²) in [5, 5.41) is 13.5. The van der Waals surface area contributed by atoms with E-state index in [1.165, 1.54) is 0 Å². The van der Waals surface area contributed by atoms with E-state index in [4.69, 9.17) is 21.6 Å². The number of ether oxygens (including phenoxy) is 1. The van der Waals surface area contributed by atoms with Crippen molar-refractivity contribution < 1.29 is 9.53 Å². The van der Waals surface area contributed by atoms with E-state index in [1.54, 1.807) is 23.4 Å². The van der Waals surface area contributed by atoms with Crippen LogP contribution in [0.15, 0.2) is 24.5 Å². The number of H-pyrrole nitrogens is 1. The summed E-state index contributed by atoms with van der Waals surface area (Å²) in [6.45, 7) is 6.65. The first-order valence-electron chi connectivity index (χ1n) is 9.89. The maximum atomic E-state index is 12.3. The van der Waals surface area contributed by atoms with Crippen LogP contribution in [0, 0.1) is 11.3 Å². The molecule has 1 aliphatic heterocycles. The third-order valence-corrected chi connectivity index (χ3v) is 5.10. The van der Waals surface area contributed by atoms with Crippen molar-refractivity contribution in [2.75, 3.05) is 18.4 Å². The molecule has 9 nitrogen and oxygen atoms in total. The number of carbonyl (C=O) groups is 1. The van der Waals surface area contributed by atoms with Gasteiger partial charge in [0, 0.05) is 36.3 Å². The van der Waals surface area contributed by atoms with Gasteiger partial charge in [-0.15, -0.1) is 0 Å². The fourth-order valence-electron chi connectivity index (χ4n) is 3.44. The van der Waals surface area contributed by atoms with Crippen molar-refractivity contribution in [3.63, 3.8) is 0 Å². The molecular weight excluding hydrogens is 418 g/mol. The number of amides is 1. The predicted octanol–water partition coefficient (Wildman–Crippen LogP) is 3.97. The molecule has 2 N–H and O–H groups in total. The maximum absolute atomic E-state index is 12.3. The molecule has 1 fully saturated rings. The van der Waals surface area contributed by atoms with Gasteiger partial charge in [0.15, 0.2) is 0 Å². The van der Waals surface area contributed by atoms with Gasteiger partial charge in [-0.05, 0) is 39.3 Å². The minimum atomic E-state index is -0.529. The van der Waals surface area contributed by atoms with Crippen molar-refractivity contribution in [3.05, 3.63) is 35.2 Å². The van der Waals surface area contributed by atoms with Crippen LogP contribution in [0.3, 0.4) is 0 Å². The van der Waals surface area contributed by atoms with E-state index >= 15 is 0 Å². The van der Waals surface area contributed by atoms with Crippen LogP contribution >= 0.6 is 11.6 Å². The molecule has 0 aromatic carbocycles. The largest absolute Gasteiger partial charge is 0.444 e. The molecule has 160 valence electrons. The Morgan fingerprint density at radius 2 is 2.19 bits per heavy atom. The van der Waals surface area contributed by atoms with Gasteiger partial charge in [-0.25, -0.2) is 19.7 Å². The van der Waals surface area contributed by atoms with Gasteiger partial charge in [-0.3, -0.25) is 0 Å². The molecule has 1 saturated heterocycles. The number of carbonyl (C=O) groups excluding carboxylic acids is 1. The summed E-state index contributed by atoms with van der Waals surface area (Å²) < 4.78 is 5.44. The Morgan fingerprint density at radius 3 is 2.94 bits per heavy atom. The number of pyridine rings is 1. The summed E-state index contributed by atoms with van der Waals surface area (Å²) in [4.78, 5) is 30.2. The molecule has 3 aromatic heterocycles. The SMILES string of the molecule is CC(C)(C)OC(=O)N1CC[C@@H](Nc2ncc(Cl)c(-c3c[nH]c4nc(C#N)ccc34)n2)C1. The minimum absolute atomic E-state index is 0.00404. The van der Waals surface area contributed by atoms with Gasteiger partial charge >= 0.3 is 6.09 Å². The van der Waals surface area contributed by atoms with E-state index in [0.29, 0.717) is 41.1 Å². The zero-order valence-electron chi connectivity index (χ0n) is 17.4. The van der Waals surface area contributed by atoms with Crippen LogP contribution in [0.5, 0.6) is 0 Å². The number of aromatic amines is 1. The third-order valence-electron chi connectivity index (χ3n) is 4.83. The van der Waals surface area contributed by atoms with Crippen molar-refractivity contribution in [2.45, 2.75) is 38.8 Å². The number of hydrogen-bond acceptors (Lipinski definition) is 7. The van der Waals surface area contributed by atoms with E-state index in [-0.39, 0.29) is 12.1 Å². The zero-order valence-corrected chi connectivity index (χ0v) is 18.2. The predicted molar refractivity (Wildman–Crippen MR) is 117 cm³/mol. The average Bonchev–Trinajstić information content (AvgIpc) is 3.35. The van der Waals surface area contributed by atoms with E-state index in [0.717, 1.165) is 17.4 Å². The molecule has 1 atom stereocenters. The molecule has 0 spiro atoms. The quantitative estimate of drug-likeness (QED) is 0.633. The molecule has 1 aliphatic rings. The van der Waals surface area contributed by atoms with Crippen molar-refractivity contribution in [2.24, 2.45) is 0 Å². The number of likely N-dealkylation sites (tertiary alicyclic amines) is 1. The van der Waals surface area contributed by atoms with Crippen molar-refractivity contribution in [1.82, 2.24) is 24.8 Å². The van der Waals surface area contributed by atoms with Crippen LogP contribution in [-0.2, 0) is 4.74 Å². The van der Waals surface area contributed by atoms with Gasteiger partial charge in [0.25, 0.3) is 0 Å². The highest BCUT2D eigenvalue weighted by molar-refractivity contribution is 6.33. The Bertz CT molecular complexity index is 1180. The first-order valence-corrected chi connectivity index (χ1v) is 10.3. The summed E-state index contributed by atoms with van der Waals surface area (Å²) in [5.41, 5.74) is 1.71. The lowest BCUT2D eigenvalue weighted by molar-refractivity contribution is 0.0293. The van der Waals surface area contributed by atoms with Crippen LogP contribution in [0.4, 0.5) is 10.7 Å². The topological polar surface area (TPSA) is 120 Å². The third kappa shape index (κ3) is 4.54. The molecule has 31 heavy (non-hydrogen) atoms. The second-order valence-electron chi connectivity index (χ2n) is 8.35. The Hall–Kier alpha value is -3.38. The molecule has 0 radical (unpaired) electrons. The van der Waals surface area contributed by atoms with Crippen molar-refractivity contribution in [3.8, 4) is 17.3 Å². The molecule has 0 saturated carbocycles. The molecule has 0 unspecified atom stereocenters. The second-order valence-corrected chi connectivity index (χ2v) is 8.76. The number of nitrogens with zero attached hydrogens (tertiary/aromatic N) is 5. The van der Waals surface area contributed by atoms with Gasteiger partial charge in [0.2, 0.25) is 5.95 Å². The Kier molecular flexibility index (Phi) is 5.41. The molecule has 4 heterocycles. The van der Waals surface area contributed by atoms with E-state index < -0.39 is 5.60 Å². The number of hydrogen-bond donors (Lipinski definition) is 2. The first-order chi connectivity index (χ1) is 14.7. The standard InChI is InChI=1S/C21H22ClN7O2/c1-21(2,3)31-20(30)29-7-6-13(11-29)27-19-25-10-16(22)17(28-19)15-9-24-18-14(15)5-4-12(8-23)26-18/h4-5,9-10,13H,6-7,11H2,1-3H3,(H,24,26)(H,25,27,28)/t13-/m1/s1. The van der Waals surface area contributed by atoms with E-state index in [2.05, 4.69) is 25.3 Å². The van der Waals surface area contributed by atoms with Crippen molar-refractivity contribution >= 4 is 34.7 Å². The lowest BCUT2D eigenvalue weighted by Crippen LogP contribution is -2.36. The molecule has 1 amide bonds. The lowest BCUT2D eigenvalue weighted by Gasteiger charge is -2.24. The van der Waals surface area contributed by atoms with Gasteiger partial charge < -0.3 is 19.9 Å². The van der Waals surface area contributed by atoms with Crippen LogP contribution in [0.25, 0.3) is 22.3 Å². The summed E-state index contributed by atoms with van der Waals surface area (Å²) in [7, 11) is 0. The van der Waals surface area contributed by atoms with Gasteiger partial charge in [0.1, 0.15) is 23.0 Å². The number of nitrogens with one attached hydrogen (secondary N) is 2. The fraction of sp³-hybridized carbons (Fsp3) is 0.381. The van der Waals surface area contributed by atoms with Crippen molar-refractivity contribution in [1.29, 1.82) is 5.26 Å². The monoisotopic (exact) mass is 439 g/mol. The van der Waals surface area contributed by atoms with Crippen LogP contribution in [0.2, 0.25) is 5.02 Å². The second kappa shape index (κ2) is 8.04. The molecular formula is C21H22ClN7O2. The number of nitriles is 1. The van der Waals surface area contributed by atoms with E-state index in [9.17, 15) is 4.79 Å². The number of anilines is 1. The molecule has 4 rings (SSSR count). The van der Waals surface area contributed by atoms with Gasteiger partial charge in [-0.2, -0.15) is 5.26 Å². The lowest BCUT2D eigenvalue weighted by atomic mass is 10.1. The summed E-state index contributed by atoms with van der Waals surface area (Å²) in [6, 6.07) is 5.49. The molecule has 0 bridgehead atoms. The summed E-state index contributed by atoms with van der Waals surface area (Å²) in [6.07, 6.45) is 3.74. The van der Waals surface area contributed by atoms with Gasteiger partial charge in [0.05, 0.1) is 16.9 Å². The van der Waals surface area contributed by atoms with E-state index in [1.807, 2.05) is 32.9 Å². The Morgan fingerprint density at radius 1 is 1.39 bits per heavy atom. The Balaban J connectivity index is 1.52. The number of rotatable bonds is 3. The van der Waals surface area contributed by atoms with Crippen LogP contribution in [0.1, 0.15) is 32.9 Å². The molecule has 0 aliphatic carbocycles. The summed E-state index contributed by atoms with van der Waals surface area (Å²) in [5.74, 6) is 0.423. The maximum Gasteiger partial charge on any atom is 0.410 e. The zero-order chi connectivity index (χ0) is 22.2. The minimum Gasteiger partial charge on any atom is -0.444 e. The number of aromatic nitrogens is 4. The first kappa shape index (κ1) is 20.9. The average molecular weight is 440 g/mol. The highest BCUT2D eigenvalue weighted by Crippen LogP contribution is 2.32. The molecule has 10 heteroatoms. The number of halogens is 1. The van der Waals surface area contributed by atoms with Crippen LogP contribution in [-0.4, -0.2) is 55.7 Å². The highest BCUT2D eigenvalue weighted by Gasteiger charge is 2.30. The van der Waals surface area contributed by atoms with Gasteiger partial charge in [-0.1, -0.05) is 11.6 Å². The Labute approximate surface area is 184 Å². The summed E-state index contributed by atoms with van der Waals surface area (Å²) >= 11 is 6.38. The normalized spacial score (nSPS) is 16.4.